The van der Waals surface area contributed by atoms with Crippen LogP contribution in [0.5, 0.6) is 0 Å². The lowest BCUT2D eigenvalue weighted by molar-refractivity contribution is 0.209. The molecule has 32 heavy (non-hydrogen) atoms. The molecule has 0 radical (unpaired) electrons. The van der Waals surface area contributed by atoms with Gasteiger partial charge in [0, 0.05) is 36.5 Å². The van der Waals surface area contributed by atoms with Crippen molar-refractivity contribution in [1.82, 2.24) is 4.90 Å². The van der Waals surface area contributed by atoms with Crippen LogP contribution < -0.4 is 5.73 Å². The molecule has 2 aromatic rings. The summed E-state index contributed by atoms with van der Waals surface area (Å²) in [5, 5.41) is 30.8. The van der Waals surface area contributed by atoms with Crippen molar-refractivity contribution in [3.05, 3.63) is 93.7 Å². The predicted molar refractivity (Wildman–Crippen MR) is 123 cm³/mol. The molecule has 4 rings (SSSR count). The van der Waals surface area contributed by atoms with Gasteiger partial charge in [-0.25, -0.2) is 0 Å². The normalized spacial score (nSPS) is 22.1. The van der Waals surface area contributed by atoms with E-state index in [4.69, 9.17) is 17.3 Å². The number of allylic oxidation sites excluding steroid dienone is 2. The number of nitriles is 3. The van der Waals surface area contributed by atoms with E-state index in [0.717, 1.165) is 24.1 Å². The summed E-state index contributed by atoms with van der Waals surface area (Å²) < 4.78 is 0. The predicted octanol–water partition coefficient (Wildman–Crippen LogP) is 4.31. The fourth-order valence-electron chi connectivity index (χ4n) is 4.90. The Hall–Kier alpha value is -3.56. The van der Waals surface area contributed by atoms with E-state index < -0.39 is 11.3 Å². The molecule has 1 heterocycles. The molecule has 0 amide bonds. The molecule has 0 aromatic heterocycles. The number of rotatable bonds is 4. The number of hydrogen-bond donors (Lipinski definition) is 1. The van der Waals surface area contributed by atoms with E-state index in [1.54, 1.807) is 12.1 Å². The van der Waals surface area contributed by atoms with Gasteiger partial charge in [0.1, 0.15) is 6.07 Å². The molecule has 0 saturated carbocycles. The van der Waals surface area contributed by atoms with Crippen LogP contribution in [0.4, 0.5) is 0 Å². The molecule has 0 bridgehead atoms. The topological polar surface area (TPSA) is 101 Å². The van der Waals surface area contributed by atoms with E-state index in [0.29, 0.717) is 18.1 Å². The molecule has 0 unspecified atom stereocenters. The molecule has 1 aliphatic heterocycles. The maximum absolute atomic E-state index is 10.2. The van der Waals surface area contributed by atoms with Crippen molar-refractivity contribution < 1.29 is 0 Å². The highest BCUT2D eigenvalue weighted by atomic mass is 35.5. The second-order valence-electron chi connectivity index (χ2n) is 8.22. The Bertz CT molecular complexity index is 1180. The van der Waals surface area contributed by atoms with Gasteiger partial charge in [0.25, 0.3) is 0 Å². The minimum Gasteiger partial charge on any atom is -0.399 e. The number of benzene rings is 2. The monoisotopic (exact) mass is 439 g/mol. The molecule has 0 fully saturated rings. The minimum absolute atomic E-state index is 0.0465. The molecule has 0 spiro atoms. The number of nitrogens with two attached hydrogens (primary N) is 1. The van der Waals surface area contributed by atoms with Gasteiger partial charge < -0.3 is 5.73 Å². The summed E-state index contributed by atoms with van der Waals surface area (Å²) in [4.78, 5) is 2.31. The molecule has 5 nitrogen and oxygen atoms in total. The van der Waals surface area contributed by atoms with Gasteiger partial charge in [-0.1, -0.05) is 60.1 Å². The molecular weight excluding hydrogens is 418 g/mol. The molecule has 6 heteroatoms. The Morgan fingerprint density at radius 2 is 1.72 bits per heavy atom. The zero-order valence-corrected chi connectivity index (χ0v) is 18.3. The van der Waals surface area contributed by atoms with Crippen molar-refractivity contribution in [2.75, 3.05) is 19.6 Å². The third kappa shape index (κ3) is 3.65. The Kier molecular flexibility index (Phi) is 6.02. The average molecular weight is 440 g/mol. The van der Waals surface area contributed by atoms with Gasteiger partial charge in [0.2, 0.25) is 0 Å². The first-order chi connectivity index (χ1) is 15.5. The highest BCUT2D eigenvalue weighted by molar-refractivity contribution is 6.30. The zero-order valence-electron chi connectivity index (χ0n) is 17.5. The average Bonchev–Trinajstić information content (AvgIpc) is 2.83. The first-order valence-electron chi connectivity index (χ1n) is 10.5. The molecule has 2 atom stereocenters. The van der Waals surface area contributed by atoms with Crippen LogP contribution in [0, 0.1) is 45.3 Å². The number of nitrogens with zero attached hydrogens (tertiary/aromatic N) is 4. The third-order valence-corrected chi connectivity index (χ3v) is 6.78. The fraction of sp³-hybridized carbons (Fsp3) is 0.269. The fourth-order valence-corrected chi connectivity index (χ4v) is 5.03. The Balaban J connectivity index is 1.76. The van der Waals surface area contributed by atoms with E-state index in [1.165, 1.54) is 5.56 Å². The van der Waals surface area contributed by atoms with Crippen LogP contribution in [-0.2, 0) is 6.42 Å². The summed E-state index contributed by atoms with van der Waals surface area (Å²) in [5.41, 5.74) is 7.96. The van der Waals surface area contributed by atoms with E-state index in [2.05, 4.69) is 35.2 Å². The lowest BCUT2D eigenvalue weighted by Crippen LogP contribution is -2.48. The summed E-state index contributed by atoms with van der Waals surface area (Å²) in [6.07, 6.45) is 2.93. The number of fused-ring (bicyclic) bond motifs is 1. The molecular formula is C26H22ClN5. The summed E-state index contributed by atoms with van der Waals surface area (Å²) >= 11 is 6.10. The first-order valence-corrected chi connectivity index (χ1v) is 10.9. The van der Waals surface area contributed by atoms with Crippen LogP contribution in [0.2, 0.25) is 5.02 Å². The van der Waals surface area contributed by atoms with Crippen LogP contribution in [-0.4, -0.2) is 24.5 Å². The van der Waals surface area contributed by atoms with Crippen molar-refractivity contribution >= 4 is 11.6 Å². The van der Waals surface area contributed by atoms with E-state index in [-0.39, 0.29) is 17.2 Å². The maximum atomic E-state index is 10.2. The summed E-state index contributed by atoms with van der Waals surface area (Å²) in [5.74, 6) is -0.709. The smallest absolute Gasteiger partial charge is 0.191 e. The van der Waals surface area contributed by atoms with Crippen LogP contribution in [0.3, 0.4) is 0 Å². The number of halogens is 1. The summed E-state index contributed by atoms with van der Waals surface area (Å²) in [6.45, 7) is 2.16. The Morgan fingerprint density at radius 1 is 1.03 bits per heavy atom. The Labute approximate surface area is 193 Å². The molecule has 1 aliphatic carbocycles. The highest BCUT2D eigenvalue weighted by Gasteiger charge is 2.54. The van der Waals surface area contributed by atoms with Crippen LogP contribution in [0.25, 0.3) is 0 Å². The van der Waals surface area contributed by atoms with Gasteiger partial charge in [0.15, 0.2) is 5.41 Å². The van der Waals surface area contributed by atoms with Crippen molar-refractivity contribution in [3.8, 4) is 18.2 Å². The van der Waals surface area contributed by atoms with Crippen molar-refractivity contribution in [1.29, 1.82) is 15.8 Å². The molecule has 2 aromatic carbocycles. The molecule has 0 saturated heterocycles. The van der Waals surface area contributed by atoms with Crippen molar-refractivity contribution in [3.63, 3.8) is 0 Å². The molecule has 2 aliphatic rings. The number of hydrogen-bond acceptors (Lipinski definition) is 5. The van der Waals surface area contributed by atoms with Crippen molar-refractivity contribution in [2.45, 2.75) is 12.3 Å². The zero-order chi connectivity index (χ0) is 22.7. The lowest BCUT2D eigenvalue weighted by Gasteiger charge is -2.45. The second kappa shape index (κ2) is 8.89. The van der Waals surface area contributed by atoms with Crippen molar-refractivity contribution in [2.24, 2.45) is 17.1 Å². The maximum Gasteiger partial charge on any atom is 0.191 e. The van der Waals surface area contributed by atoms with Crippen LogP contribution in [0.1, 0.15) is 17.0 Å². The molecule has 158 valence electrons. The van der Waals surface area contributed by atoms with Gasteiger partial charge in [-0.2, -0.15) is 15.8 Å². The van der Waals surface area contributed by atoms with Gasteiger partial charge in [-0.15, -0.1) is 0 Å². The highest BCUT2D eigenvalue weighted by Crippen LogP contribution is 2.54. The quantitative estimate of drug-likeness (QED) is 0.764. The van der Waals surface area contributed by atoms with Crippen LogP contribution in [0.15, 0.2) is 77.5 Å². The molecule has 2 N–H and O–H groups in total. The van der Waals surface area contributed by atoms with E-state index in [1.807, 2.05) is 36.4 Å². The van der Waals surface area contributed by atoms with E-state index in [9.17, 15) is 15.8 Å². The van der Waals surface area contributed by atoms with Gasteiger partial charge in [0.05, 0.1) is 23.4 Å². The third-order valence-electron chi connectivity index (χ3n) is 6.53. The summed E-state index contributed by atoms with van der Waals surface area (Å²) in [6, 6.07) is 24.0. The lowest BCUT2D eigenvalue weighted by atomic mass is 9.58. The largest absolute Gasteiger partial charge is 0.399 e. The first kappa shape index (κ1) is 21.7. The van der Waals surface area contributed by atoms with Crippen LogP contribution >= 0.6 is 11.6 Å². The van der Waals surface area contributed by atoms with Gasteiger partial charge in [-0.3, -0.25) is 4.90 Å². The SMILES string of the molecule is N#CC1=C(N)C(C#N)(C#N)[C@@H](c2ccc(Cl)cc2)[C@@H]2CN(CCc3ccccc3)CC=C12. The standard InChI is InChI=1S/C26H22ClN5/c27-20-8-6-19(7-9-20)24-23-15-32(12-10-18-4-2-1-3-5-18)13-11-21(23)22(14-28)25(31)26(24,16-29)17-30/h1-9,11,23-24H,10,12-13,15,31H2/t23-,24+/m1/s1. The van der Waals surface area contributed by atoms with Gasteiger partial charge >= 0.3 is 0 Å². The van der Waals surface area contributed by atoms with Gasteiger partial charge in [-0.05, 0) is 35.3 Å². The van der Waals surface area contributed by atoms with E-state index >= 15 is 0 Å². The Morgan fingerprint density at radius 3 is 2.34 bits per heavy atom. The second-order valence-corrected chi connectivity index (χ2v) is 8.66. The summed E-state index contributed by atoms with van der Waals surface area (Å²) in [7, 11) is 0. The minimum atomic E-state index is -1.62.